The van der Waals surface area contributed by atoms with Crippen LogP contribution in [0.1, 0.15) is 31.4 Å². The molecule has 17 heavy (non-hydrogen) atoms. The van der Waals surface area contributed by atoms with Crippen LogP contribution in [0.5, 0.6) is 0 Å². The smallest absolute Gasteiger partial charge is 0.253 e. The maximum Gasteiger partial charge on any atom is 0.253 e. The lowest BCUT2D eigenvalue weighted by atomic mass is 10.1. The van der Waals surface area contributed by atoms with Crippen molar-refractivity contribution in [2.45, 2.75) is 31.9 Å². The average molecular weight is 237 g/mol. The van der Waals surface area contributed by atoms with E-state index in [-0.39, 0.29) is 12.6 Å². The zero-order valence-corrected chi connectivity index (χ0v) is 9.97. The lowest BCUT2D eigenvalue weighted by Gasteiger charge is -2.18. The van der Waals surface area contributed by atoms with Gasteiger partial charge in [0.2, 0.25) is 0 Å². The van der Waals surface area contributed by atoms with Crippen LogP contribution in [0.25, 0.3) is 0 Å². The molecule has 1 rings (SSSR count). The average Bonchev–Trinajstić information content (AvgIpc) is 2.38. The summed E-state index contributed by atoms with van der Waals surface area (Å²) >= 11 is 0. The Hall–Kier alpha value is -1.39. The first-order valence-corrected chi connectivity index (χ1v) is 5.83. The molecule has 3 N–H and O–H groups in total. The van der Waals surface area contributed by atoms with Gasteiger partial charge in [-0.1, -0.05) is 37.3 Å². The Balaban J connectivity index is 2.58. The largest absolute Gasteiger partial charge is 0.396 e. The molecular weight excluding hydrogens is 218 g/mol. The second kappa shape index (κ2) is 7.04. The fourth-order valence-electron chi connectivity index (χ4n) is 1.60. The molecule has 0 heterocycles. The third-order valence-corrected chi connectivity index (χ3v) is 2.68. The molecule has 4 nitrogen and oxygen atoms in total. The van der Waals surface area contributed by atoms with Gasteiger partial charge in [0.15, 0.2) is 6.10 Å². The van der Waals surface area contributed by atoms with Crippen LogP contribution < -0.4 is 5.32 Å². The molecule has 0 fully saturated rings. The molecule has 1 aromatic rings. The predicted octanol–water partition coefficient (Wildman–Crippen LogP) is 0.997. The molecule has 0 radical (unpaired) electrons. The molecule has 0 aliphatic carbocycles. The molecule has 0 aliphatic rings. The van der Waals surface area contributed by atoms with Gasteiger partial charge in [0.1, 0.15) is 0 Å². The number of carbonyl (C=O) groups excluding carboxylic acids is 1. The van der Waals surface area contributed by atoms with Crippen LogP contribution in [0.15, 0.2) is 30.3 Å². The van der Waals surface area contributed by atoms with Crippen LogP contribution in [0.4, 0.5) is 0 Å². The molecule has 4 heteroatoms. The normalized spacial score (nSPS) is 14.1. The number of hydrogen-bond acceptors (Lipinski definition) is 3. The Morgan fingerprint density at radius 2 is 2.00 bits per heavy atom. The fraction of sp³-hybridized carbons (Fsp3) is 0.462. The number of amides is 1. The molecule has 2 atom stereocenters. The number of benzene rings is 1. The summed E-state index contributed by atoms with van der Waals surface area (Å²) in [5.74, 6) is -0.420. The zero-order valence-electron chi connectivity index (χ0n) is 9.97. The standard InChI is InChI=1S/C13H19NO3/c1-2-11(8-9-15)14-13(17)12(16)10-6-4-3-5-7-10/h3-7,11-12,15-16H,2,8-9H2,1H3,(H,14,17). The highest BCUT2D eigenvalue weighted by Crippen LogP contribution is 2.12. The first-order valence-electron chi connectivity index (χ1n) is 5.83. The van der Waals surface area contributed by atoms with Crippen molar-refractivity contribution in [3.8, 4) is 0 Å². The van der Waals surface area contributed by atoms with Crippen molar-refractivity contribution in [1.82, 2.24) is 5.32 Å². The maximum absolute atomic E-state index is 11.7. The van der Waals surface area contributed by atoms with E-state index in [1.807, 2.05) is 13.0 Å². The van der Waals surface area contributed by atoms with Crippen molar-refractivity contribution in [2.24, 2.45) is 0 Å². The Labute approximate surface area is 101 Å². The highest BCUT2D eigenvalue weighted by Gasteiger charge is 2.19. The van der Waals surface area contributed by atoms with Gasteiger partial charge in [-0.2, -0.15) is 0 Å². The number of carbonyl (C=O) groups is 1. The van der Waals surface area contributed by atoms with E-state index in [0.717, 1.165) is 6.42 Å². The quantitative estimate of drug-likeness (QED) is 0.691. The third kappa shape index (κ3) is 4.17. The Kier molecular flexibility index (Phi) is 5.66. The summed E-state index contributed by atoms with van der Waals surface area (Å²) < 4.78 is 0. The van der Waals surface area contributed by atoms with E-state index < -0.39 is 12.0 Å². The van der Waals surface area contributed by atoms with Gasteiger partial charge in [0.25, 0.3) is 5.91 Å². The van der Waals surface area contributed by atoms with E-state index in [2.05, 4.69) is 5.32 Å². The molecule has 2 unspecified atom stereocenters. The van der Waals surface area contributed by atoms with Crippen LogP contribution in [-0.2, 0) is 4.79 Å². The van der Waals surface area contributed by atoms with Crippen molar-refractivity contribution in [3.05, 3.63) is 35.9 Å². The van der Waals surface area contributed by atoms with E-state index in [1.165, 1.54) is 0 Å². The second-order valence-electron chi connectivity index (χ2n) is 3.94. The number of nitrogens with one attached hydrogen (secondary N) is 1. The molecular formula is C13H19NO3. The fourth-order valence-corrected chi connectivity index (χ4v) is 1.60. The SMILES string of the molecule is CCC(CCO)NC(=O)C(O)c1ccccc1. The van der Waals surface area contributed by atoms with Crippen LogP contribution in [0, 0.1) is 0 Å². The molecule has 0 saturated carbocycles. The molecule has 0 spiro atoms. The second-order valence-corrected chi connectivity index (χ2v) is 3.94. The van der Waals surface area contributed by atoms with Gasteiger partial charge >= 0.3 is 0 Å². The highest BCUT2D eigenvalue weighted by atomic mass is 16.3. The highest BCUT2D eigenvalue weighted by molar-refractivity contribution is 5.82. The summed E-state index contributed by atoms with van der Waals surface area (Å²) in [7, 11) is 0. The molecule has 0 saturated heterocycles. The first-order chi connectivity index (χ1) is 8.19. The van der Waals surface area contributed by atoms with Gasteiger partial charge in [-0.15, -0.1) is 0 Å². The van der Waals surface area contributed by atoms with Gasteiger partial charge in [0, 0.05) is 12.6 Å². The van der Waals surface area contributed by atoms with Crippen molar-refractivity contribution >= 4 is 5.91 Å². The summed E-state index contributed by atoms with van der Waals surface area (Å²) in [5.41, 5.74) is 0.573. The van der Waals surface area contributed by atoms with Crippen molar-refractivity contribution < 1.29 is 15.0 Å². The first kappa shape index (κ1) is 13.7. The van der Waals surface area contributed by atoms with Crippen LogP contribution >= 0.6 is 0 Å². The summed E-state index contributed by atoms with van der Waals surface area (Å²) in [4.78, 5) is 11.7. The minimum absolute atomic E-state index is 0.0280. The lowest BCUT2D eigenvalue weighted by molar-refractivity contribution is -0.130. The zero-order chi connectivity index (χ0) is 12.7. The Bertz CT molecular complexity index is 340. The summed E-state index contributed by atoms with van der Waals surface area (Å²) in [6.07, 6.45) is 0.0846. The number of aliphatic hydroxyl groups excluding tert-OH is 2. The third-order valence-electron chi connectivity index (χ3n) is 2.68. The summed E-state index contributed by atoms with van der Waals surface area (Å²) in [6, 6.07) is 8.70. The molecule has 0 bridgehead atoms. The Morgan fingerprint density at radius 1 is 1.35 bits per heavy atom. The molecule has 0 aromatic heterocycles. The van der Waals surface area contributed by atoms with Crippen LogP contribution in [0.2, 0.25) is 0 Å². The summed E-state index contributed by atoms with van der Waals surface area (Å²) in [6.45, 7) is 1.95. The number of hydrogen-bond donors (Lipinski definition) is 3. The van der Waals surface area contributed by atoms with Gasteiger partial charge in [-0.3, -0.25) is 4.79 Å². The molecule has 94 valence electrons. The minimum atomic E-state index is -1.15. The monoisotopic (exact) mass is 237 g/mol. The predicted molar refractivity (Wildman–Crippen MR) is 65.3 cm³/mol. The van der Waals surface area contributed by atoms with Crippen molar-refractivity contribution in [2.75, 3.05) is 6.61 Å². The van der Waals surface area contributed by atoms with E-state index in [9.17, 15) is 9.90 Å². The number of aliphatic hydroxyl groups is 2. The maximum atomic E-state index is 11.7. The van der Waals surface area contributed by atoms with Gasteiger partial charge < -0.3 is 15.5 Å². The van der Waals surface area contributed by atoms with E-state index in [4.69, 9.17) is 5.11 Å². The minimum Gasteiger partial charge on any atom is -0.396 e. The molecule has 1 amide bonds. The molecule has 0 aliphatic heterocycles. The van der Waals surface area contributed by atoms with Gasteiger partial charge in [-0.05, 0) is 18.4 Å². The van der Waals surface area contributed by atoms with Crippen molar-refractivity contribution in [1.29, 1.82) is 0 Å². The van der Waals surface area contributed by atoms with Crippen molar-refractivity contribution in [3.63, 3.8) is 0 Å². The van der Waals surface area contributed by atoms with E-state index >= 15 is 0 Å². The number of rotatable bonds is 6. The van der Waals surface area contributed by atoms with Gasteiger partial charge in [-0.25, -0.2) is 0 Å². The van der Waals surface area contributed by atoms with Crippen LogP contribution in [0.3, 0.4) is 0 Å². The summed E-state index contributed by atoms with van der Waals surface area (Å²) in [5, 5.41) is 21.4. The molecule has 1 aromatic carbocycles. The van der Waals surface area contributed by atoms with E-state index in [0.29, 0.717) is 12.0 Å². The topological polar surface area (TPSA) is 69.6 Å². The van der Waals surface area contributed by atoms with E-state index in [1.54, 1.807) is 24.3 Å². The van der Waals surface area contributed by atoms with Gasteiger partial charge in [0.05, 0.1) is 0 Å². The van der Waals surface area contributed by atoms with Crippen LogP contribution in [-0.4, -0.2) is 28.8 Å². The lowest BCUT2D eigenvalue weighted by Crippen LogP contribution is -2.38. The Morgan fingerprint density at radius 3 is 2.53 bits per heavy atom.